The van der Waals surface area contributed by atoms with Gasteiger partial charge in [0.05, 0.1) is 24.3 Å². The first-order valence-electron chi connectivity index (χ1n) is 13.3. The molecule has 2 aromatic rings. The van der Waals surface area contributed by atoms with Gasteiger partial charge >= 0.3 is 5.97 Å². The van der Waals surface area contributed by atoms with Crippen LogP contribution in [0.5, 0.6) is 11.5 Å². The molecule has 9 nitrogen and oxygen atoms in total. The molecule has 0 radical (unpaired) electrons. The van der Waals surface area contributed by atoms with Crippen LogP contribution in [0.25, 0.3) is 6.08 Å². The first-order chi connectivity index (χ1) is 19.2. The van der Waals surface area contributed by atoms with Crippen LogP contribution in [0.4, 0.5) is 0 Å². The van der Waals surface area contributed by atoms with Crippen LogP contribution in [0.3, 0.4) is 0 Å². The number of ether oxygens (including phenoxy) is 6. The minimum atomic E-state index is -0.881. The van der Waals surface area contributed by atoms with Gasteiger partial charge in [-0.3, -0.25) is 4.79 Å². The number of hydrogen-bond acceptors (Lipinski definition) is 8. The maximum Gasteiger partial charge on any atom is 0.338 e. The van der Waals surface area contributed by atoms with E-state index in [1.165, 1.54) is 7.11 Å². The summed E-state index contributed by atoms with van der Waals surface area (Å²) in [6, 6.07) is 12.3. The zero-order chi connectivity index (χ0) is 28.7. The number of amides is 1. The van der Waals surface area contributed by atoms with E-state index in [0.717, 1.165) is 0 Å². The van der Waals surface area contributed by atoms with E-state index in [1.54, 1.807) is 43.5 Å². The molecule has 1 N–H and O–H groups in total. The fraction of sp³-hybridized carbons (Fsp3) is 0.419. The van der Waals surface area contributed by atoms with Gasteiger partial charge in [-0.25, -0.2) is 4.79 Å². The van der Waals surface area contributed by atoms with E-state index in [1.807, 2.05) is 51.1 Å². The van der Waals surface area contributed by atoms with Crippen molar-refractivity contribution in [1.82, 2.24) is 5.32 Å². The van der Waals surface area contributed by atoms with Gasteiger partial charge in [-0.1, -0.05) is 43.4 Å². The van der Waals surface area contributed by atoms with Crippen LogP contribution >= 0.6 is 0 Å². The molecule has 2 aliphatic heterocycles. The summed E-state index contributed by atoms with van der Waals surface area (Å²) >= 11 is 0. The molecule has 0 aromatic heterocycles. The van der Waals surface area contributed by atoms with Gasteiger partial charge < -0.3 is 33.7 Å². The Hall–Kier alpha value is -3.66. The van der Waals surface area contributed by atoms with Crippen molar-refractivity contribution < 1.29 is 38.0 Å². The average Bonchev–Trinajstić information content (AvgIpc) is 3.26. The number of rotatable bonds is 6. The van der Waals surface area contributed by atoms with Gasteiger partial charge in [-0.15, -0.1) is 0 Å². The summed E-state index contributed by atoms with van der Waals surface area (Å²) in [5, 5.41) is 2.99. The summed E-state index contributed by atoms with van der Waals surface area (Å²) in [4.78, 5) is 26.4. The van der Waals surface area contributed by atoms with Gasteiger partial charge in [-0.2, -0.15) is 0 Å². The van der Waals surface area contributed by atoms with E-state index in [-0.39, 0.29) is 18.6 Å². The van der Waals surface area contributed by atoms with Crippen molar-refractivity contribution in [2.24, 2.45) is 5.92 Å². The molecule has 4 rings (SSSR count). The largest absolute Gasteiger partial charge is 0.497 e. The third kappa shape index (κ3) is 7.29. The zero-order valence-electron chi connectivity index (χ0n) is 23.5. The molecule has 214 valence electrons. The maximum atomic E-state index is 13.4. The van der Waals surface area contributed by atoms with Gasteiger partial charge in [-0.05, 0) is 56.0 Å². The molecule has 2 unspecified atom stereocenters. The van der Waals surface area contributed by atoms with E-state index in [4.69, 9.17) is 28.4 Å². The zero-order valence-corrected chi connectivity index (χ0v) is 23.5. The molecule has 0 aliphatic carbocycles. The van der Waals surface area contributed by atoms with Gasteiger partial charge in [0.25, 0.3) is 5.91 Å². The highest BCUT2D eigenvalue weighted by atomic mass is 16.8. The average molecular weight is 552 g/mol. The van der Waals surface area contributed by atoms with Crippen molar-refractivity contribution >= 4 is 18.0 Å². The molecule has 2 aliphatic rings. The van der Waals surface area contributed by atoms with Crippen molar-refractivity contribution in [3.05, 3.63) is 77.4 Å². The third-order valence-corrected chi connectivity index (χ3v) is 6.58. The van der Waals surface area contributed by atoms with Crippen LogP contribution in [0.1, 0.15) is 53.5 Å². The number of nitrogens with one attached hydrogen (secondary N) is 1. The predicted octanol–water partition coefficient (Wildman–Crippen LogP) is 4.76. The quantitative estimate of drug-likeness (QED) is 0.312. The molecule has 40 heavy (non-hydrogen) atoms. The number of esters is 1. The number of fused-ring (bicyclic) bond motifs is 2. The van der Waals surface area contributed by atoms with Crippen molar-refractivity contribution in [3.8, 4) is 11.5 Å². The molecule has 2 aromatic carbocycles. The molecule has 9 heteroatoms. The first kappa shape index (κ1) is 29.3. The molecule has 1 fully saturated rings. The van der Waals surface area contributed by atoms with E-state index in [0.29, 0.717) is 41.2 Å². The Morgan fingerprint density at radius 2 is 1.88 bits per heavy atom. The second-order valence-electron chi connectivity index (χ2n) is 10.2. The van der Waals surface area contributed by atoms with Gasteiger partial charge in [0.15, 0.2) is 12.6 Å². The van der Waals surface area contributed by atoms with Gasteiger partial charge in [0.1, 0.15) is 23.7 Å². The SMILES string of the molecule is COCOc1cc(OC)cc2c1C(=O)NC[C@H](C)C=CC(OC(=O)c1ccccc1)C1OC(C)(C)O[C@H]1CC=C2. The Bertz CT molecular complexity index is 1240. The Balaban J connectivity index is 1.70. The second-order valence-corrected chi connectivity index (χ2v) is 10.2. The summed E-state index contributed by atoms with van der Waals surface area (Å²) in [5.41, 5.74) is 1.43. The summed E-state index contributed by atoms with van der Waals surface area (Å²) in [6.07, 6.45) is 6.21. The summed E-state index contributed by atoms with van der Waals surface area (Å²) < 4.78 is 34.8. The Kier molecular flexibility index (Phi) is 9.63. The maximum absolute atomic E-state index is 13.4. The van der Waals surface area contributed by atoms with Crippen molar-refractivity contribution in [2.75, 3.05) is 27.6 Å². The molecular formula is C31H37NO8. The first-order valence-corrected chi connectivity index (χ1v) is 13.3. The van der Waals surface area contributed by atoms with Crippen LogP contribution < -0.4 is 14.8 Å². The van der Waals surface area contributed by atoms with Gasteiger partial charge in [0, 0.05) is 19.7 Å². The van der Waals surface area contributed by atoms with Crippen LogP contribution in [0.2, 0.25) is 0 Å². The number of carbonyl (C=O) groups is 2. The van der Waals surface area contributed by atoms with E-state index in [2.05, 4.69) is 5.32 Å². The number of methoxy groups -OCH3 is 2. The molecular weight excluding hydrogens is 514 g/mol. The van der Waals surface area contributed by atoms with E-state index >= 15 is 0 Å². The van der Waals surface area contributed by atoms with Crippen molar-refractivity contribution in [3.63, 3.8) is 0 Å². The lowest BCUT2D eigenvalue weighted by Crippen LogP contribution is -2.38. The Morgan fingerprint density at radius 3 is 2.60 bits per heavy atom. The van der Waals surface area contributed by atoms with Crippen LogP contribution in [0, 0.1) is 5.92 Å². The number of hydrogen-bond donors (Lipinski definition) is 1. The predicted molar refractivity (Wildman–Crippen MR) is 149 cm³/mol. The van der Waals surface area contributed by atoms with Crippen LogP contribution in [-0.4, -0.2) is 63.5 Å². The normalized spacial score (nSPS) is 24.3. The smallest absolute Gasteiger partial charge is 0.338 e. The van der Waals surface area contributed by atoms with Crippen LogP contribution in [-0.2, 0) is 18.9 Å². The standard InChI is InChI=1S/C31H37NO8/c1-20-14-15-24(38-30(34)21-10-7-6-8-11-21)28-25(39-31(2,3)40-28)13-9-12-22-16-23(36-5)17-26(37-19-35-4)27(22)29(33)32-18-20/h6-12,14-17,20,24-25,28H,13,18-19H2,1-5H3,(H,32,33)/t20-,24?,25+,28?/m1/s1. The van der Waals surface area contributed by atoms with Crippen molar-refractivity contribution in [2.45, 2.75) is 51.3 Å². The minimum absolute atomic E-state index is 0.0250. The minimum Gasteiger partial charge on any atom is -0.497 e. The highest BCUT2D eigenvalue weighted by molar-refractivity contribution is 6.01. The molecule has 0 bridgehead atoms. The Labute approximate surface area is 235 Å². The van der Waals surface area contributed by atoms with Gasteiger partial charge in [0.2, 0.25) is 0 Å². The Morgan fingerprint density at radius 1 is 1.10 bits per heavy atom. The lowest BCUT2D eigenvalue weighted by molar-refractivity contribution is -0.152. The molecule has 0 saturated carbocycles. The summed E-state index contributed by atoms with van der Waals surface area (Å²) in [5.74, 6) is -0.831. The highest BCUT2D eigenvalue weighted by Gasteiger charge is 2.45. The third-order valence-electron chi connectivity index (χ3n) is 6.58. The number of benzene rings is 2. The number of carbonyl (C=O) groups excluding carboxylic acids is 2. The molecule has 2 heterocycles. The molecule has 1 saturated heterocycles. The van der Waals surface area contributed by atoms with Crippen LogP contribution in [0.15, 0.2) is 60.7 Å². The molecule has 1 amide bonds. The summed E-state index contributed by atoms with van der Waals surface area (Å²) in [7, 11) is 3.06. The van der Waals surface area contributed by atoms with E-state index in [9.17, 15) is 9.59 Å². The topological polar surface area (TPSA) is 102 Å². The van der Waals surface area contributed by atoms with Crippen molar-refractivity contribution in [1.29, 1.82) is 0 Å². The fourth-order valence-electron chi connectivity index (χ4n) is 4.68. The monoisotopic (exact) mass is 551 g/mol. The second kappa shape index (κ2) is 13.1. The van der Waals surface area contributed by atoms with E-state index < -0.39 is 30.1 Å². The molecule has 4 atom stereocenters. The lowest BCUT2D eigenvalue weighted by Gasteiger charge is -2.25. The summed E-state index contributed by atoms with van der Waals surface area (Å²) in [6.45, 7) is 5.95. The fourth-order valence-corrected chi connectivity index (χ4v) is 4.68. The molecule has 0 spiro atoms. The highest BCUT2D eigenvalue weighted by Crippen LogP contribution is 2.35. The lowest BCUT2D eigenvalue weighted by atomic mass is 9.99.